The molecule has 3 heterocycles. The predicted molar refractivity (Wildman–Crippen MR) is 290 cm³/mol. The van der Waals surface area contributed by atoms with E-state index in [0.29, 0.717) is 28.2 Å². The van der Waals surface area contributed by atoms with Crippen molar-refractivity contribution < 1.29 is 71.0 Å². The van der Waals surface area contributed by atoms with E-state index in [4.69, 9.17) is 0 Å². The molecule has 0 unspecified atom stereocenters. The number of hydrogen-bond acceptors (Lipinski definition) is 19. The van der Waals surface area contributed by atoms with Crippen LogP contribution in [0.2, 0.25) is 0 Å². The largest absolute Gasteiger partial charge is 0.480 e. The van der Waals surface area contributed by atoms with E-state index >= 15 is 0 Å². The number of anilines is 1. The zero-order chi connectivity index (χ0) is 58.2. The normalized spacial score (nSPS) is 15.7. The van der Waals surface area contributed by atoms with Crippen molar-refractivity contribution in [1.29, 1.82) is 0 Å². The summed E-state index contributed by atoms with van der Waals surface area (Å²) in [4.78, 5) is 116. The third kappa shape index (κ3) is 20.1. The van der Waals surface area contributed by atoms with Crippen LogP contribution in [0, 0.1) is 20.8 Å². The number of aromatic amines is 1. The van der Waals surface area contributed by atoms with Gasteiger partial charge in [0, 0.05) is 103 Å². The van der Waals surface area contributed by atoms with Gasteiger partial charge >= 0.3 is 17.9 Å². The molecule has 2 aromatic carbocycles. The molecule has 30 heteroatoms. The first kappa shape index (κ1) is 63.0. The van der Waals surface area contributed by atoms with E-state index < -0.39 is 112 Å². The molecule has 12 N–H and O–H groups in total. The molecule has 1 aliphatic rings. The summed E-state index contributed by atoms with van der Waals surface area (Å²) in [6.07, 6.45) is 4.57. The lowest BCUT2D eigenvalue weighted by Gasteiger charge is -2.33. The molecule has 0 aliphatic carbocycles. The van der Waals surface area contributed by atoms with Crippen molar-refractivity contribution in [3.05, 3.63) is 87.0 Å². The molecule has 79 heavy (non-hydrogen) atoms. The predicted octanol–water partition coefficient (Wildman–Crippen LogP) is -0.382. The second-order valence-corrected chi connectivity index (χ2v) is 22.5. The van der Waals surface area contributed by atoms with E-state index in [0.717, 1.165) is 12.5 Å². The lowest BCUT2D eigenvalue weighted by Crippen LogP contribution is -2.53. The number of carbonyl (C=O) groups excluding carboxylic acids is 4. The number of H-pyrrole nitrogens is 1. The number of aryl methyl sites for hydroxylation is 4. The first-order chi connectivity index (χ1) is 37.2. The van der Waals surface area contributed by atoms with E-state index in [2.05, 4.69) is 36.0 Å². The van der Waals surface area contributed by atoms with Crippen LogP contribution in [-0.4, -0.2) is 222 Å². The fourth-order valence-electron chi connectivity index (χ4n) is 9.05. The number of aliphatic carboxylic acids is 3. The molecule has 0 bridgehead atoms. The Morgan fingerprint density at radius 3 is 1.78 bits per heavy atom. The van der Waals surface area contributed by atoms with Crippen molar-refractivity contribution in [3.63, 3.8) is 0 Å². The number of imidazole rings is 1. The van der Waals surface area contributed by atoms with Crippen molar-refractivity contribution >= 4 is 79.2 Å². The highest BCUT2D eigenvalue weighted by Gasteiger charge is 2.31. The quantitative estimate of drug-likeness (QED) is 0.0357. The van der Waals surface area contributed by atoms with Crippen molar-refractivity contribution in [2.75, 3.05) is 103 Å². The lowest BCUT2D eigenvalue weighted by molar-refractivity contribution is -0.140. The summed E-state index contributed by atoms with van der Waals surface area (Å²) in [5, 5.41) is 39.4. The number of ketones is 1. The number of fused-ring (bicyclic) bond motifs is 1. The molecule has 28 nitrogen and oxygen atoms in total. The number of hydrogen-bond donors (Lipinski definition) is 12. The Labute approximate surface area is 457 Å². The number of aromatic nitrogens is 3. The Kier molecular flexibility index (Phi) is 23.0. The van der Waals surface area contributed by atoms with E-state index in [1.807, 2.05) is 6.92 Å². The number of carbonyl (C=O) groups is 7. The van der Waals surface area contributed by atoms with Crippen molar-refractivity contribution in [2.45, 2.75) is 64.2 Å². The van der Waals surface area contributed by atoms with Crippen molar-refractivity contribution in [1.82, 2.24) is 54.8 Å². The third-order valence-corrected chi connectivity index (χ3v) is 15.3. The highest BCUT2D eigenvalue weighted by atomic mass is 32.3. The van der Waals surface area contributed by atoms with E-state index in [9.17, 15) is 75.8 Å². The first-order valence-electron chi connectivity index (χ1n) is 25.1. The maximum Gasteiger partial charge on any atom is 0.317 e. The number of nitrogens with one attached hydrogen (secondary N) is 6. The first-order valence-corrected chi connectivity index (χ1v) is 28.2. The van der Waals surface area contributed by atoms with E-state index in [1.165, 1.54) is 12.3 Å². The van der Waals surface area contributed by atoms with Gasteiger partial charge in [0.05, 0.1) is 59.3 Å². The average Bonchev–Trinajstić information content (AvgIpc) is 3.95. The Morgan fingerprint density at radius 1 is 0.747 bits per heavy atom. The fraction of sp³-hybridized carbons (Fsp3) is 0.490. The number of Topliss-reactive ketones (excluding diaryl/α,β-unsaturated/α-hetero) is 1. The van der Waals surface area contributed by atoms with Gasteiger partial charge in [0.2, 0.25) is 27.3 Å². The smallest absolute Gasteiger partial charge is 0.317 e. The van der Waals surface area contributed by atoms with E-state index in [1.54, 1.807) is 74.7 Å². The molecule has 4 aromatic rings. The summed E-state index contributed by atoms with van der Waals surface area (Å²) in [5.74, 6) is -7.23. The number of nitrogens with zero attached hydrogens (tertiary/aromatic N) is 6. The molecule has 1 fully saturated rings. The molecule has 2 aromatic heterocycles. The molecule has 5 rings (SSSR count). The second kappa shape index (κ2) is 28.8. The molecule has 0 radical (unpaired) electrons. The maximum atomic E-state index is 14.0. The minimum atomic E-state index is -4.39. The number of carboxylic acids is 3. The van der Waals surface area contributed by atoms with Gasteiger partial charge in [0.25, 0.3) is 5.91 Å². The summed E-state index contributed by atoms with van der Waals surface area (Å²) < 4.78 is 61.3. The molecule has 434 valence electrons. The summed E-state index contributed by atoms with van der Waals surface area (Å²) in [6.45, 7) is 5.08. The molecule has 1 saturated heterocycles. The summed E-state index contributed by atoms with van der Waals surface area (Å²) in [6, 6.07) is 5.16. The zero-order valence-electron chi connectivity index (χ0n) is 44.3. The van der Waals surface area contributed by atoms with Gasteiger partial charge in [-0.2, -0.15) is 4.72 Å². The van der Waals surface area contributed by atoms with Crippen LogP contribution in [0.1, 0.15) is 46.0 Å². The number of carboxylic acid groups (broad SMARTS) is 3. The summed E-state index contributed by atoms with van der Waals surface area (Å²) >= 11 is 0. The standard InChI is InChI=1S/C49H70N12O16S2/c1-31-20-32(2)46(33(3)21-31)79(76,77)56-38(34(4)62)24-53-47(71)37-25-61(40-22-35(6-7-36(40)45(37)70)23-54-49-51-9-10-52-49)11-5-8-50-48(72)39(30-78(73,74)75)55-41(63)26-57-12-14-58(27-42(64)65)16-18-60(29-44(68)69)19-17-59(15-13-57)28-43(66)67/h6-7,9-10,20-22,25,38-39,56,73-75H,5,8,11-19,23-24,26-30H2,1-4H3,(H,50,72)(H,53,71)(H,55,63)(H,64,65)(H,66,67)(H,68,69)(H2,51,52,54)/t38-,39-/m0/s1. The van der Waals surface area contributed by atoms with Crippen LogP contribution < -0.4 is 31.4 Å². The number of benzene rings is 2. The van der Waals surface area contributed by atoms with Gasteiger partial charge in [-0.1, -0.05) is 23.8 Å². The van der Waals surface area contributed by atoms with Crippen LogP contribution in [0.15, 0.2) is 58.6 Å². The molecule has 3 amide bonds. The van der Waals surface area contributed by atoms with Gasteiger partial charge in [-0.05, 0) is 62.9 Å². The summed E-state index contributed by atoms with van der Waals surface area (Å²) in [7, 11) is -8.66. The van der Waals surface area contributed by atoms with Gasteiger partial charge < -0.3 is 59.8 Å². The highest BCUT2D eigenvalue weighted by molar-refractivity contribution is 8.19. The minimum Gasteiger partial charge on any atom is -0.480 e. The van der Waals surface area contributed by atoms with Crippen molar-refractivity contribution in [3.8, 4) is 0 Å². The Balaban J connectivity index is 1.32. The van der Waals surface area contributed by atoms with Crippen LogP contribution in [0.4, 0.5) is 5.95 Å². The Hall–Kier alpha value is -6.87. The topological polar surface area (TPSA) is 399 Å². The molecule has 0 saturated carbocycles. The molecular weight excluding hydrogens is 1080 g/mol. The van der Waals surface area contributed by atoms with Gasteiger partial charge in [-0.25, -0.2) is 13.4 Å². The molecule has 2 atom stereocenters. The zero-order valence-corrected chi connectivity index (χ0v) is 45.9. The van der Waals surface area contributed by atoms with Crippen LogP contribution in [0.25, 0.3) is 10.9 Å². The van der Waals surface area contributed by atoms with Gasteiger partial charge in [-0.3, -0.25) is 58.0 Å². The summed E-state index contributed by atoms with van der Waals surface area (Å²) in [5.41, 5.74) is 1.79. The van der Waals surface area contributed by atoms with Crippen LogP contribution in [-0.2, 0) is 51.9 Å². The third-order valence-electron chi connectivity index (χ3n) is 12.8. The maximum absolute atomic E-state index is 14.0. The van der Waals surface area contributed by atoms with Crippen LogP contribution in [0.5, 0.6) is 0 Å². The SMILES string of the molecule is CC(=O)[C@H](CNC(=O)c1cn(CCCNC(=O)[C@H](CS(O)(O)O)NC(=O)CN2CCN(CC(=O)O)CCN(CC(=O)O)CCN(CC(=O)O)CC2)c2cc(CNc3ncc[nH]3)ccc2c1=O)NS(=O)(=O)c1c(C)cc(C)cc1C. The fourth-order valence-corrected chi connectivity index (χ4v) is 11.4. The van der Waals surface area contributed by atoms with Gasteiger partial charge in [0.15, 0.2) is 5.95 Å². The van der Waals surface area contributed by atoms with Gasteiger partial charge in [0.1, 0.15) is 17.4 Å². The number of amides is 3. The number of rotatable bonds is 26. The average molecular weight is 1150 g/mol. The lowest BCUT2D eigenvalue weighted by atomic mass is 10.1. The van der Waals surface area contributed by atoms with Gasteiger partial charge in [-0.15, -0.1) is 0 Å². The van der Waals surface area contributed by atoms with E-state index in [-0.39, 0.29) is 101 Å². The highest BCUT2D eigenvalue weighted by Crippen LogP contribution is 2.33. The van der Waals surface area contributed by atoms with Crippen LogP contribution in [0.3, 0.4) is 0 Å². The number of sulfonamides is 1. The molecule has 1 aliphatic heterocycles. The monoisotopic (exact) mass is 1150 g/mol. The van der Waals surface area contributed by atoms with Crippen LogP contribution >= 0.6 is 10.9 Å². The Morgan fingerprint density at radius 2 is 1.29 bits per heavy atom. The minimum absolute atomic E-state index is 0.0119. The Bertz CT molecular complexity index is 2950. The second-order valence-electron chi connectivity index (χ2n) is 19.3. The molecular formula is C49H70N12O16S2. The van der Waals surface area contributed by atoms with Crippen molar-refractivity contribution in [2.24, 2.45) is 0 Å². The molecule has 0 spiro atoms. The number of pyridine rings is 1.